The number of nitrogens with zero attached hydrogens (tertiary/aromatic N) is 3. The van der Waals surface area contributed by atoms with E-state index in [9.17, 15) is 0 Å². The van der Waals surface area contributed by atoms with Crippen molar-refractivity contribution in [2.75, 3.05) is 0 Å². The predicted octanol–water partition coefficient (Wildman–Crippen LogP) is 5.91. The maximum Gasteiger partial charge on any atom is 0.0933 e. The van der Waals surface area contributed by atoms with Crippen LogP contribution in [-0.2, 0) is 0 Å². The number of fused-ring (bicyclic) bond motifs is 9. The molecule has 3 N–H and O–H groups in total. The lowest BCUT2D eigenvalue weighted by Crippen LogP contribution is -1.82. The highest BCUT2D eigenvalue weighted by Crippen LogP contribution is 2.33. The van der Waals surface area contributed by atoms with Crippen LogP contribution in [0.25, 0.3) is 64.5 Å². The van der Waals surface area contributed by atoms with Gasteiger partial charge in [-0.15, -0.1) is 11.3 Å². The largest absolute Gasteiger partial charge is 0.346 e. The van der Waals surface area contributed by atoms with Gasteiger partial charge in [0.1, 0.15) is 0 Å². The molecule has 0 radical (unpaired) electrons. The van der Waals surface area contributed by atoms with Gasteiger partial charge in [-0.3, -0.25) is 20.2 Å². The highest BCUT2D eigenvalue weighted by Gasteiger charge is 2.13. The van der Waals surface area contributed by atoms with Crippen molar-refractivity contribution < 1.29 is 0 Å². The van der Waals surface area contributed by atoms with E-state index >= 15 is 0 Å². The molecule has 0 unspecified atom stereocenters. The van der Waals surface area contributed by atoms with Gasteiger partial charge in [0, 0.05) is 32.6 Å². The minimum absolute atomic E-state index is 0.867. The van der Waals surface area contributed by atoms with Gasteiger partial charge in [-0.1, -0.05) is 12.1 Å². The summed E-state index contributed by atoms with van der Waals surface area (Å²) in [5.74, 6) is 0. The van der Waals surface area contributed by atoms with Crippen LogP contribution in [0.2, 0.25) is 0 Å². The maximum absolute atomic E-state index is 4.92. The molecule has 2 aliphatic heterocycles. The van der Waals surface area contributed by atoms with Gasteiger partial charge in [0.05, 0.1) is 50.5 Å². The topological polar surface area (TPSA) is 86.0 Å². The summed E-state index contributed by atoms with van der Waals surface area (Å²) in [6.45, 7) is 0. The second kappa shape index (κ2) is 5.77. The summed E-state index contributed by atoms with van der Waals surface area (Å²) in [5, 5.41) is 9.81. The second-order valence-electron chi connectivity index (χ2n) is 7.37. The molecule has 2 aliphatic rings. The molecule has 142 valence electrons. The number of nitrogens with one attached hydrogen (secondary N) is 3. The minimum Gasteiger partial charge on any atom is -0.346 e. The summed E-state index contributed by atoms with van der Waals surface area (Å²) in [6.07, 6.45) is 5.53. The normalized spacial score (nSPS) is 12.0. The van der Waals surface area contributed by atoms with Crippen LogP contribution in [0.1, 0.15) is 0 Å². The van der Waals surface area contributed by atoms with Crippen molar-refractivity contribution >= 4 is 64.6 Å². The number of H-pyrrole nitrogens is 3. The van der Waals surface area contributed by atoms with Crippen LogP contribution in [0.3, 0.4) is 0 Å². The highest BCUT2D eigenvalue weighted by atomic mass is 32.1. The molecule has 4 aromatic heterocycles. The third-order valence-electron chi connectivity index (χ3n) is 5.53. The molecule has 7 heteroatoms. The monoisotopic (exact) mass is 406 g/mol. The lowest BCUT2D eigenvalue weighted by Gasteiger charge is -1.98. The predicted molar refractivity (Wildman–Crippen MR) is 123 cm³/mol. The van der Waals surface area contributed by atoms with E-state index in [1.165, 1.54) is 10.1 Å². The van der Waals surface area contributed by atoms with Crippen LogP contribution >= 0.6 is 11.3 Å². The molecule has 0 spiro atoms. The minimum atomic E-state index is 0.867. The average molecular weight is 406 g/mol. The fraction of sp³-hybridized carbons (Fsp3) is 0. The van der Waals surface area contributed by atoms with Gasteiger partial charge in [0.25, 0.3) is 0 Å². The first-order valence-electron chi connectivity index (χ1n) is 9.61. The maximum atomic E-state index is 4.92. The molecular formula is C23H14N6S. The Balaban J connectivity index is 1.75. The van der Waals surface area contributed by atoms with Crippen LogP contribution in [0.4, 0.5) is 0 Å². The van der Waals surface area contributed by atoms with E-state index in [1.54, 1.807) is 11.3 Å². The van der Waals surface area contributed by atoms with E-state index in [0.717, 1.165) is 54.4 Å². The number of aromatic nitrogens is 6. The fourth-order valence-electron chi connectivity index (χ4n) is 4.10. The first-order valence-corrected chi connectivity index (χ1v) is 10.4. The second-order valence-corrected chi connectivity index (χ2v) is 8.45. The van der Waals surface area contributed by atoms with Gasteiger partial charge < -0.3 is 4.98 Å². The van der Waals surface area contributed by atoms with Gasteiger partial charge in [0.15, 0.2) is 0 Å². The smallest absolute Gasteiger partial charge is 0.0933 e. The molecule has 0 saturated carbocycles. The summed E-state index contributed by atoms with van der Waals surface area (Å²) in [6, 6.07) is 16.9. The Labute approximate surface area is 173 Å². The fourth-order valence-corrected chi connectivity index (χ4v) is 5.07. The first-order chi connectivity index (χ1) is 14.8. The van der Waals surface area contributed by atoms with Crippen molar-refractivity contribution in [2.45, 2.75) is 0 Å². The molecule has 0 atom stereocenters. The van der Waals surface area contributed by atoms with Crippen LogP contribution in [0.15, 0.2) is 67.1 Å². The first kappa shape index (κ1) is 15.9. The Kier molecular flexibility index (Phi) is 3.06. The van der Waals surface area contributed by atoms with Gasteiger partial charge in [-0.2, -0.15) is 0 Å². The highest BCUT2D eigenvalue weighted by molar-refractivity contribution is 7.23. The Morgan fingerprint density at radius 1 is 0.800 bits per heavy atom. The quantitative estimate of drug-likeness (QED) is 0.292. The number of thiophene rings is 1. The Bertz CT molecular complexity index is 1760. The molecule has 6 heterocycles. The van der Waals surface area contributed by atoms with E-state index in [1.807, 2.05) is 18.6 Å². The van der Waals surface area contributed by atoms with Crippen LogP contribution in [0, 0.1) is 0 Å². The van der Waals surface area contributed by atoms with Crippen molar-refractivity contribution in [1.29, 1.82) is 0 Å². The summed E-state index contributed by atoms with van der Waals surface area (Å²) >= 11 is 1.72. The zero-order valence-corrected chi connectivity index (χ0v) is 16.4. The lowest BCUT2D eigenvalue weighted by molar-refractivity contribution is 1.13. The van der Waals surface area contributed by atoms with Crippen molar-refractivity contribution in [3.63, 3.8) is 0 Å². The SMILES string of the molecule is c1cc2nc3cc2c(c1)c1ccc([nH]c2cncc(c2)c2cc4c(cn2)[nH][nH]c3-4)s1. The van der Waals surface area contributed by atoms with Crippen LogP contribution in [0.5, 0.6) is 0 Å². The summed E-state index contributed by atoms with van der Waals surface area (Å²) in [7, 11) is 0. The Hall–Kier alpha value is -3.97. The standard InChI is InChI=1S/C23H14N6S/c1-2-14-15-7-19(27-17(15)3-1)23-16-8-18(25-11-20(16)28-29-23)12-6-13(10-24-9-12)26-22-5-4-21(14)30-22/h1-11,26,28-29H. The molecule has 5 aromatic rings. The van der Waals surface area contributed by atoms with Crippen molar-refractivity contribution in [2.24, 2.45) is 0 Å². The van der Waals surface area contributed by atoms with E-state index in [4.69, 9.17) is 4.98 Å². The van der Waals surface area contributed by atoms with Crippen molar-refractivity contribution in [1.82, 2.24) is 30.1 Å². The molecule has 30 heavy (non-hydrogen) atoms. The van der Waals surface area contributed by atoms with E-state index in [-0.39, 0.29) is 0 Å². The summed E-state index contributed by atoms with van der Waals surface area (Å²) in [4.78, 5) is 18.5. The lowest BCUT2D eigenvalue weighted by atomic mass is 10.1. The molecular weight excluding hydrogens is 392 g/mol. The third kappa shape index (κ3) is 2.26. The zero-order chi connectivity index (χ0) is 19.7. The Morgan fingerprint density at radius 2 is 1.80 bits per heavy atom. The molecule has 7 rings (SSSR count). The molecule has 0 fully saturated rings. The van der Waals surface area contributed by atoms with E-state index in [0.29, 0.717) is 0 Å². The number of benzene rings is 1. The van der Waals surface area contributed by atoms with Crippen LogP contribution < -0.4 is 0 Å². The zero-order valence-electron chi connectivity index (χ0n) is 15.6. The van der Waals surface area contributed by atoms with Crippen molar-refractivity contribution in [3.8, 4) is 11.3 Å². The molecule has 0 saturated heterocycles. The molecule has 1 aromatic carbocycles. The third-order valence-corrected chi connectivity index (χ3v) is 6.56. The average Bonchev–Trinajstić information content (AvgIpc) is 3.50. The molecule has 0 amide bonds. The van der Waals surface area contributed by atoms with Gasteiger partial charge in [-0.25, -0.2) is 4.98 Å². The number of hydrogen-bond acceptors (Lipinski definition) is 4. The van der Waals surface area contributed by atoms with E-state index < -0.39 is 0 Å². The molecule has 8 bridgehead atoms. The molecule has 6 nitrogen and oxygen atoms in total. The van der Waals surface area contributed by atoms with Gasteiger partial charge in [-0.05, 0) is 36.4 Å². The van der Waals surface area contributed by atoms with Gasteiger partial charge >= 0.3 is 0 Å². The van der Waals surface area contributed by atoms with Crippen molar-refractivity contribution in [3.05, 3.63) is 67.1 Å². The van der Waals surface area contributed by atoms with Crippen LogP contribution in [-0.4, -0.2) is 30.1 Å². The number of rotatable bonds is 0. The molecule has 0 aliphatic carbocycles. The Morgan fingerprint density at radius 3 is 2.80 bits per heavy atom. The number of aromatic amines is 3. The number of pyridine rings is 2. The van der Waals surface area contributed by atoms with E-state index in [2.05, 4.69) is 73.7 Å². The van der Waals surface area contributed by atoms with Gasteiger partial charge in [0.2, 0.25) is 0 Å². The number of hydrogen-bond donors (Lipinski definition) is 3. The summed E-state index contributed by atoms with van der Waals surface area (Å²) < 4.78 is 1.20. The summed E-state index contributed by atoms with van der Waals surface area (Å²) in [5.41, 5.74) is 6.66.